The van der Waals surface area contributed by atoms with Crippen LogP contribution in [-0.4, -0.2) is 11.1 Å². The number of rotatable bonds is 2. The van der Waals surface area contributed by atoms with Gasteiger partial charge in [-0.1, -0.05) is 30.3 Å². The van der Waals surface area contributed by atoms with E-state index in [2.05, 4.69) is 0 Å². The lowest BCUT2D eigenvalue weighted by Gasteiger charge is -1.95. The number of hydrogen-bond acceptors (Lipinski definition) is 1. The largest absolute Gasteiger partial charge is 0.481 e. The van der Waals surface area contributed by atoms with Gasteiger partial charge in [0.2, 0.25) is 0 Å². The third-order valence-electron chi connectivity index (χ3n) is 2.34. The predicted octanol–water partition coefficient (Wildman–Crippen LogP) is 1.87. The first kappa shape index (κ1) is 7.35. The molecule has 1 N–H and O–H groups in total. The highest BCUT2D eigenvalue weighted by molar-refractivity contribution is 5.75. The molecule has 0 heterocycles. The van der Waals surface area contributed by atoms with Crippen LogP contribution in [-0.2, 0) is 4.79 Å². The van der Waals surface area contributed by atoms with Crippen molar-refractivity contribution < 1.29 is 9.90 Å². The Labute approximate surface area is 70.8 Å². The van der Waals surface area contributed by atoms with E-state index in [-0.39, 0.29) is 11.8 Å². The van der Waals surface area contributed by atoms with Gasteiger partial charge in [-0.05, 0) is 17.9 Å². The van der Waals surface area contributed by atoms with E-state index in [9.17, 15) is 4.79 Å². The van der Waals surface area contributed by atoms with Crippen LogP contribution in [0.3, 0.4) is 0 Å². The summed E-state index contributed by atoms with van der Waals surface area (Å²) in [6.07, 6.45) is 0.805. The Morgan fingerprint density at radius 3 is 2.50 bits per heavy atom. The highest BCUT2D eigenvalue weighted by Gasteiger charge is 2.43. The second-order valence-corrected chi connectivity index (χ2v) is 3.20. The molecule has 1 aromatic carbocycles. The Morgan fingerprint density at radius 1 is 1.33 bits per heavy atom. The standard InChI is InChI=1S/C10H10O2/c11-10(12)9-6-8(9)7-4-2-1-3-5-7/h1-5,8-9H,6H2,(H,11,12)/t8?,9-/m0/s1. The molecule has 1 aromatic rings. The second kappa shape index (κ2) is 2.63. The summed E-state index contributed by atoms with van der Waals surface area (Å²) in [5, 5.41) is 8.68. The minimum Gasteiger partial charge on any atom is -0.481 e. The molecule has 2 heteroatoms. The highest BCUT2D eigenvalue weighted by atomic mass is 16.4. The maximum Gasteiger partial charge on any atom is 0.307 e. The van der Waals surface area contributed by atoms with Crippen LogP contribution < -0.4 is 0 Å². The minimum atomic E-state index is -0.663. The zero-order chi connectivity index (χ0) is 8.55. The number of carbonyl (C=O) groups is 1. The van der Waals surface area contributed by atoms with E-state index in [1.54, 1.807) is 0 Å². The summed E-state index contributed by atoms with van der Waals surface area (Å²) in [5.41, 5.74) is 1.16. The van der Waals surface area contributed by atoms with Gasteiger partial charge >= 0.3 is 5.97 Å². The van der Waals surface area contributed by atoms with Crippen LogP contribution in [0, 0.1) is 5.92 Å². The van der Waals surface area contributed by atoms with Crippen LogP contribution in [0.15, 0.2) is 30.3 Å². The van der Waals surface area contributed by atoms with Gasteiger partial charge in [-0.15, -0.1) is 0 Å². The van der Waals surface area contributed by atoms with Crippen LogP contribution >= 0.6 is 0 Å². The van der Waals surface area contributed by atoms with E-state index >= 15 is 0 Å². The molecule has 0 amide bonds. The van der Waals surface area contributed by atoms with Crippen molar-refractivity contribution in [1.82, 2.24) is 0 Å². The lowest BCUT2D eigenvalue weighted by atomic mass is 10.1. The number of hydrogen-bond donors (Lipinski definition) is 1. The molecule has 1 fully saturated rings. The molecule has 0 aromatic heterocycles. The molecule has 0 saturated heterocycles. The van der Waals surface area contributed by atoms with Crippen LogP contribution in [0.2, 0.25) is 0 Å². The van der Waals surface area contributed by atoms with Crippen LogP contribution in [0.25, 0.3) is 0 Å². The van der Waals surface area contributed by atoms with Gasteiger partial charge in [0.25, 0.3) is 0 Å². The van der Waals surface area contributed by atoms with Crippen molar-refractivity contribution in [2.45, 2.75) is 12.3 Å². The van der Waals surface area contributed by atoms with Crippen LogP contribution in [0.4, 0.5) is 0 Å². The Kier molecular flexibility index (Phi) is 1.61. The van der Waals surface area contributed by atoms with Crippen LogP contribution in [0.1, 0.15) is 17.9 Å². The van der Waals surface area contributed by atoms with Crippen molar-refractivity contribution in [1.29, 1.82) is 0 Å². The maximum atomic E-state index is 10.5. The van der Waals surface area contributed by atoms with Crippen molar-refractivity contribution in [2.24, 2.45) is 5.92 Å². The van der Waals surface area contributed by atoms with Crippen molar-refractivity contribution in [2.75, 3.05) is 0 Å². The van der Waals surface area contributed by atoms with Gasteiger partial charge in [-0.2, -0.15) is 0 Å². The quantitative estimate of drug-likeness (QED) is 0.720. The summed E-state index contributed by atoms with van der Waals surface area (Å²) >= 11 is 0. The minimum absolute atomic E-state index is 0.132. The zero-order valence-electron chi connectivity index (χ0n) is 6.60. The first-order valence-corrected chi connectivity index (χ1v) is 4.07. The van der Waals surface area contributed by atoms with Gasteiger partial charge in [0.05, 0.1) is 5.92 Å². The number of carboxylic acids is 1. The van der Waals surface area contributed by atoms with Gasteiger partial charge in [-0.25, -0.2) is 0 Å². The number of carboxylic acid groups (broad SMARTS) is 1. The Bertz CT molecular complexity index is 292. The van der Waals surface area contributed by atoms with Gasteiger partial charge < -0.3 is 5.11 Å². The fourth-order valence-electron chi connectivity index (χ4n) is 1.54. The fraction of sp³-hybridized carbons (Fsp3) is 0.300. The molecule has 1 aliphatic carbocycles. The van der Waals surface area contributed by atoms with E-state index in [4.69, 9.17) is 5.11 Å². The first-order chi connectivity index (χ1) is 5.79. The molecular formula is C10H10O2. The molecule has 2 rings (SSSR count). The molecule has 0 spiro atoms. The summed E-state index contributed by atoms with van der Waals surface area (Å²) in [7, 11) is 0. The molecule has 62 valence electrons. The van der Waals surface area contributed by atoms with Gasteiger partial charge in [0.15, 0.2) is 0 Å². The van der Waals surface area contributed by atoms with E-state index in [1.807, 2.05) is 30.3 Å². The monoisotopic (exact) mass is 162 g/mol. The Morgan fingerprint density at radius 2 is 2.00 bits per heavy atom. The molecule has 1 unspecified atom stereocenters. The van der Waals surface area contributed by atoms with Crippen LogP contribution in [0.5, 0.6) is 0 Å². The van der Waals surface area contributed by atoms with E-state index in [0.717, 1.165) is 12.0 Å². The van der Waals surface area contributed by atoms with E-state index in [1.165, 1.54) is 0 Å². The zero-order valence-corrected chi connectivity index (χ0v) is 6.60. The van der Waals surface area contributed by atoms with E-state index in [0.29, 0.717) is 0 Å². The van der Waals surface area contributed by atoms with Gasteiger partial charge in [0, 0.05) is 0 Å². The smallest absolute Gasteiger partial charge is 0.307 e. The lowest BCUT2D eigenvalue weighted by Crippen LogP contribution is -1.98. The normalized spacial score (nSPS) is 26.7. The predicted molar refractivity (Wildman–Crippen MR) is 44.9 cm³/mol. The average Bonchev–Trinajstić information content (AvgIpc) is 2.84. The molecule has 2 nitrogen and oxygen atoms in total. The maximum absolute atomic E-state index is 10.5. The van der Waals surface area contributed by atoms with Gasteiger partial charge in [-0.3, -0.25) is 4.79 Å². The molecule has 1 aliphatic rings. The topological polar surface area (TPSA) is 37.3 Å². The van der Waals surface area contributed by atoms with Crippen molar-refractivity contribution in [3.63, 3.8) is 0 Å². The summed E-state index contributed by atoms with van der Waals surface area (Å²) in [5.74, 6) is -0.528. The lowest BCUT2D eigenvalue weighted by molar-refractivity contribution is -0.138. The number of aliphatic carboxylic acids is 1. The highest BCUT2D eigenvalue weighted by Crippen LogP contribution is 2.47. The molecule has 0 aliphatic heterocycles. The SMILES string of the molecule is O=C(O)[C@H]1CC1c1ccccc1. The Hall–Kier alpha value is -1.31. The third kappa shape index (κ3) is 1.20. The third-order valence-corrected chi connectivity index (χ3v) is 2.34. The average molecular weight is 162 g/mol. The summed E-state index contributed by atoms with van der Waals surface area (Å²) in [6, 6.07) is 9.84. The van der Waals surface area contributed by atoms with E-state index < -0.39 is 5.97 Å². The fourth-order valence-corrected chi connectivity index (χ4v) is 1.54. The molecule has 12 heavy (non-hydrogen) atoms. The molecule has 0 bridgehead atoms. The van der Waals surface area contributed by atoms with Crippen molar-refractivity contribution in [3.8, 4) is 0 Å². The summed E-state index contributed by atoms with van der Waals surface area (Å²) in [6.45, 7) is 0. The number of benzene rings is 1. The molecule has 2 atom stereocenters. The van der Waals surface area contributed by atoms with Crippen molar-refractivity contribution >= 4 is 5.97 Å². The molecule has 0 radical (unpaired) electrons. The second-order valence-electron chi connectivity index (χ2n) is 3.20. The first-order valence-electron chi connectivity index (χ1n) is 4.07. The summed E-state index contributed by atoms with van der Waals surface area (Å²) < 4.78 is 0. The van der Waals surface area contributed by atoms with Crippen molar-refractivity contribution in [3.05, 3.63) is 35.9 Å². The molecular weight excluding hydrogens is 152 g/mol. The Balaban J connectivity index is 2.11. The van der Waals surface area contributed by atoms with Gasteiger partial charge in [0.1, 0.15) is 0 Å². The summed E-state index contributed by atoms with van der Waals surface area (Å²) in [4.78, 5) is 10.5. The molecule has 1 saturated carbocycles.